The van der Waals surface area contributed by atoms with E-state index in [1.165, 1.54) is 7.11 Å². The topological polar surface area (TPSA) is 127 Å². The number of aromatic nitrogens is 1. The van der Waals surface area contributed by atoms with E-state index in [2.05, 4.69) is 34.7 Å². The molecule has 2 fully saturated rings. The van der Waals surface area contributed by atoms with Crippen LogP contribution in [0.5, 0.6) is 0 Å². The maximum absolute atomic E-state index is 13.1. The first-order valence-corrected chi connectivity index (χ1v) is 14.2. The molecule has 5 rings (SSSR count). The van der Waals surface area contributed by atoms with Gasteiger partial charge in [-0.25, -0.2) is 9.59 Å². The van der Waals surface area contributed by atoms with Gasteiger partial charge in [-0.3, -0.25) is 0 Å². The standard InChI is InChI=1S/C28H36INO8/c1-12-8-13(2)28-16(9-20(36-5)27(35)37-24(12)15(4)31)6-7-18-21(28)23(32)14(3)22(25(18)38-28)30-11-17(29)10-19(30)26(33)34/h6-8,10-12,14-16,18,20-25,31-32H,9H2,1-5H3,(H,33,34)/b13-8+/t12-,14-,15-,16-,18?,20+,21?,22-,23-,24+,25-,28+/m1/s1. The van der Waals surface area contributed by atoms with Crippen LogP contribution >= 0.6 is 22.6 Å². The van der Waals surface area contributed by atoms with Crippen molar-refractivity contribution in [1.82, 2.24) is 4.57 Å². The van der Waals surface area contributed by atoms with Gasteiger partial charge in [-0.05, 0) is 54.5 Å². The second-order valence-electron chi connectivity index (χ2n) is 11.4. The number of hydrogen-bond donors (Lipinski definition) is 3. The molecule has 2 aliphatic carbocycles. The van der Waals surface area contributed by atoms with Gasteiger partial charge < -0.3 is 34.1 Å². The molecule has 2 aliphatic heterocycles. The predicted molar refractivity (Wildman–Crippen MR) is 145 cm³/mol. The number of aliphatic hydroxyl groups excluding tert-OH is 2. The number of carboxylic acids is 1. The molecule has 0 radical (unpaired) electrons. The number of carboxylic acid groups (broad SMARTS) is 1. The van der Waals surface area contributed by atoms with Crippen LogP contribution in [0.15, 0.2) is 36.1 Å². The van der Waals surface area contributed by atoms with Gasteiger partial charge >= 0.3 is 11.9 Å². The first kappa shape index (κ1) is 27.8. The number of ether oxygens (including phenoxy) is 3. The van der Waals surface area contributed by atoms with Crippen LogP contribution in [0.2, 0.25) is 0 Å². The van der Waals surface area contributed by atoms with Crippen LogP contribution in [0.1, 0.15) is 50.6 Å². The molecule has 3 heterocycles. The number of halogens is 1. The number of rotatable bonds is 4. The maximum atomic E-state index is 13.1. The zero-order valence-electron chi connectivity index (χ0n) is 22.2. The summed E-state index contributed by atoms with van der Waals surface area (Å²) in [7, 11) is 1.46. The van der Waals surface area contributed by atoms with Crippen molar-refractivity contribution >= 4 is 34.5 Å². The summed E-state index contributed by atoms with van der Waals surface area (Å²) in [4.78, 5) is 25.2. The molecule has 1 spiro atoms. The molecule has 10 heteroatoms. The van der Waals surface area contributed by atoms with Crippen molar-refractivity contribution in [2.45, 2.75) is 76.3 Å². The Kier molecular flexibility index (Phi) is 7.34. The number of carbonyl (C=O) groups excluding carboxylic acids is 1. The smallest absolute Gasteiger partial charge is 0.352 e. The summed E-state index contributed by atoms with van der Waals surface area (Å²) in [5.74, 6) is -2.91. The van der Waals surface area contributed by atoms with Crippen molar-refractivity contribution in [2.24, 2.45) is 29.6 Å². The third-order valence-electron chi connectivity index (χ3n) is 9.26. The molecule has 208 valence electrons. The van der Waals surface area contributed by atoms with E-state index < -0.39 is 48.0 Å². The van der Waals surface area contributed by atoms with Gasteiger partial charge in [0.15, 0.2) is 6.10 Å². The molecule has 3 N–H and O–H groups in total. The lowest BCUT2D eigenvalue weighted by atomic mass is 9.57. The molecular weight excluding hydrogens is 605 g/mol. The predicted octanol–water partition coefficient (Wildman–Crippen LogP) is 3.19. The Labute approximate surface area is 236 Å². The number of esters is 1. The van der Waals surface area contributed by atoms with Crippen molar-refractivity contribution in [3.8, 4) is 0 Å². The number of nitrogens with zero attached hydrogens (tertiary/aromatic N) is 1. The van der Waals surface area contributed by atoms with Gasteiger partial charge in [0, 0.05) is 46.5 Å². The lowest BCUT2D eigenvalue weighted by molar-refractivity contribution is -0.172. The van der Waals surface area contributed by atoms with E-state index in [-0.39, 0.29) is 47.8 Å². The molecule has 9 nitrogen and oxygen atoms in total. The van der Waals surface area contributed by atoms with Crippen LogP contribution in [0.25, 0.3) is 0 Å². The summed E-state index contributed by atoms with van der Waals surface area (Å²) < 4.78 is 20.9. The molecule has 1 saturated heterocycles. The Hall–Kier alpha value is -1.73. The molecule has 0 aromatic carbocycles. The van der Waals surface area contributed by atoms with Crippen molar-refractivity contribution in [3.05, 3.63) is 45.3 Å². The highest BCUT2D eigenvalue weighted by Gasteiger charge is 2.68. The van der Waals surface area contributed by atoms with E-state index in [1.807, 2.05) is 33.0 Å². The van der Waals surface area contributed by atoms with Crippen LogP contribution in [-0.4, -0.2) is 75.1 Å². The molecule has 1 saturated carbocycles. The first-order chi connectivity index (χ1) is 17.9. The van der Waals surface area contributed by atoms with Crippen molar-refractivity contribution in [2.75, 3.05) is 7.11 Å². The van der Waals surface area contributed by atoms with Crippen molar-refractivity contribution < 1.29 is 39.1 Å². The summed E-state index contributed by atoms with van der Waals surface area (Å²) >= 11 is 2.11. The average molecular weight is 641 g/mol. The van der Waals surface area contributed by atoms with Gasteiger partial charge in [-0.2, -0.15) is 0 Å². The van der Waals surface area contributed by atoms with Gasteiger partial charge in [0.2, 0.25) is 0 Å². The summed E-state index contributed by atoms with van der Waals surface area (Å²) in [6, 6.07) is 1.23. The number of aromatic carboxylic acids is 1. The highest BCUT2D eigenvalue weighted by molar-refractivity contribution is 14.1. The number of cyclic esters (lactones) is 1. The average Bonchev–Trinajstić information content (AvgIpc) is 3.32. The zero-order chi connectivity index (χ0) is 27.7. The molecular formula is C28H36INO8. The Morgan fingerprint density at radius 3 is 2.66 bits per heavy atom. The van der Waals surface area contributed by atoms with Crippen molar-refractivity contribution in [1.29, 1.82) is 0 Å². The van der Waals surface area contributed by atoms with E-state index in [1.54, 1.807) is 17.6 Å². The van der Waals surface area contributed by atoms with Crippen LogP contribution in [0.3, 0.4) is 0 Å². The Morgan fingerprint density at radius 1 is 1.32 bits per heavy atom. The number of carbonyl (C=O) groups is 2. The van der Waals surface area contributed by atoms with E-state index in [9.17, 15) is 24.9 Å². The monoisotopic (exact) mass is 641 g/mol. The molecule has 0 amide bonds. The van der Waals surface area contributed by atoms with E-state index in [0.29, 0.717) is 0 Å². The summed E-state index contributed by atoms with van der Waals surface area (Å²) in [5.41, 5.74) is 0.138. The molecule has 4 bridgehead atoms. The highest BCUT2D eigenvalue weighted by atomic mass is 127. The lowest BCUT2D eigenvalue weighted by Gasteiger charge is -2.49. The summed E-state index contributed by atoms with van der Waals surface area (Å²) in [6.45, 7) is 7.42. The van der Waals surface area contributed by atoms with Gasteiger partial charge in [-0.15, -0.1) is 0 Å². The van der Waals surface area contributed by atoms with Gasteiger partial charge in [0.05, 0.1) is 24.4 Å². The SMILES string of the molecule is CO[C@H]1C[C@H]2C=CC3C4[C@H](O)[C@H](C)[C@@H](n5cc(I)cc5C(=O)O)[C@@H]3O[C@]42/C(C)=C/[C@@H](C)[C@@H]([C@@H](C)O)OC1=O. The van der Waals surface area contributed by atoms with Crippen LogP contribution in [0.4, 0.5) is 0 Å². The fourth-order valence-electron chi connectivity index (χ4n) is 7.62. The van der Waals surface area contributed by atoms with Crippen LogP contribution < -0.4 is 0 Å². The van der Waals surface area contributed by atoms with E-state index in [4.69, 9.17) is 14.2 Å². The zero-order valence-corrected chi connectivity index (χ0v) is 24.3. The number of methoxy groups -OCH3 is 1. The number of hydrogen-bond acceptors (Lipinski definition) is 7. The second kappa shape index (κ2) is 10.0. The highest BCUT2D eigenvalue weighted by Crippen LogP contribution is 2.63. The van der Waals surface area contributed by atoms with Crippen LogP contribution in [-0.2, 0) is 19.0 Å². The minimum Gasteiger partial charge on any atom is -0.477 e. The normalized spacial score (nSPS) is 44.5. The fourth-order valence-corrected chi connectivity index (χ4v) is 8.21. The molecule has 1 aromatic rings. The molecule has 12 atom stereocenters. The quantitative estimate of drug-likeness (QED) is 0.260. The van der Waals surface area contributed by atoms with Gasteiger partial charge in [0.25, 0.3) is 0 Å². The van der Waals surface area contributed by atoms with E-state index >= 15 is 0 Å². The third kappa shape index (κ3) is 4.09. The van der Waals surface area contributed by atoms with Crippen LogP contribution in [0, 0.1) is 33.2 Å². The Balaban J connectivity index is 1.66. The molecule has 1 aromatic heterocycles. The summed E-state index contributed by atoms with van der Waals surface area (Å²) in [5, 5.41) is 32.2. The van der Waals surface area contributed by atoms with Crippen molar-refractivity contribution in [3.63, 3.8) is 0 Å². The third-order valence-corrected chi connectivity index (χ3v) is 9.85. The first-order valence-electron chi connectivity index (χ1n) is 13.2. The van der Waals surface area contributed by atoms with Gasteiger partial charge in [-0.1, -0.05) is 32.1 Å². The fraction of sp³-hybridized carbons (Fsp3) is 0.643. The molecule has 2 unspecified atom stereocenters. The Bertz CT molecular complexity index is 1180. The van der Waals surface area contributed by atoms with Gasteiger partial charge in [0.1, 0.15) is 17.4 Å². The second-order valence-corrected chi connectivity index (χ2v) is 12.6. The minimum atomic E-state index is -1.03. The molecule has 38 heavy (non-hydrogen) atoms. The summed E-state index contributed by atoms with van der Waals surface area (Å²) in [6.07, 6.45) is 4.50. The largest absolute Gasteiger partial charge is 0.477 e. The minimum absolute atomic E-state index is 0.147. The Morgan fingerprint density at radius 2 is 2.03 bits per heavy atom. The maximum Gasteiger partial charge on any atom is 0.352 e. The number of aliphatic hydroxyl groups is 2. The lowest BCUT2D eigenvalue weighted by Crippen LogP contribution is -2.56. The van der Waals surface area contributed by atoms with E-state index in [0.717, 1.165) is 9.14 Å². The molecule has 4 aliphatic rings.